The Kier molecular flexibility index (Phi) is 1.61. The first-order valence-electron chi connectivity index (χ1n) is 4.77. The van der Waals surface area contributed by atoms with Gasteiger partial charge in [-0.1, -0.05) is 6.08 Å². The van der Waals surface area contributed by atoms with E-state index in [0.29, 0.717) is 0 Å². The van der Waals surface area contributed by atoms with Crippen LogP contribution in [-0.4, -0.2) is 15.4 Å². The second kappa shape index (κ2) is 2.94. The molecule has 2 aromatic heterocycles. The summed E-state index contributed by atoms with van der Waals surface area (Å²) in [6.45, 7) is 0. The average Bonchev–Trinajstić information content (AvgIpc) is 2.48. The second-order valence-electron chi connectivity index (χ2n) is 3.44. The van der Waals surface area contributed by atoms with Crippen molar-refractivity contribution in [2.45, 2.75) is 0 Å². The lowest BCUT2D eigenvalue weighted by atomic mass is 10.2. The summed E-state index contributed by atoms with van der Waals surface area (Å²) in [4.78, 5) is 8.63. The van der Waals surface area contributed by atoms with Crippen molar-refractivity contribution in [2.75, 3.05) is 0 Å². The van der Waals surface area contributed by atoms with Gasteiger partial charge in [0.2, 0.25) is 0 Å². The highest BCUT2D eigenvalue weighted by molar-refractivity contribution is 5.94. The molecule has 15 heavy (non-hydrogen) atoms. The molecular formula is C12H9N3. The summed E-state index contributed by atoms with van der Waals surface area (Å²) in [5.41, 5.74) is 2.07. The Labute approximate surface area is 87.1 Å². The van der Waals surface area contributed by atoms with Crippen LogP contribution < -0.4 is 0 Å². The molecule has 0 spiro atoms. The standard InChI is InChI=1S/C12H9N3/c1-15-11-9(5-2-3-7-13-11)10-6-4-8-14-12(10)15/h2-6,8H,1H3. The molecule has 0 unspecified atom stereocenters. The molecule has 0 aromatic carbocycles. The summed E-state index contributed by atoms with van der Waals surface area (Å²) in [7, 11) is 1.97. The van der Waals surface area contributed by atoms with Crippen LogP contribution in [0.15, 0.2) is 35.5 Å². The molecule has 1 aliphatic rings. The zero-order chi connectivity index (χ0) is 10.3. The minimum absolute atomic E-state index is 0.911. The van der Waals surface area contributed by atoms with Crippen molar-refractivity contribution in [3.63, 3.8) is 0 Å². The molecular weight excluding hydrogens is 186 g/mol. The lowest BCUT2D eigenvalue weighted by Gasteiger charge is -1.95. The Hall–Kier alpha value is -2.12. The third-order valence-corrected chi connectivity index (χ3v) is 2.56. The van der Waals surface area contributed by atoms with Crippen molar-refractivity contribution in [1.82, 2.24) is 9.55 Å². The number of aryl methyl sites for hydroxylation is 1. The first-order valence-corrected chi connectivity index (χ1v) is 4.77. The van der Waals surface area contributed by atoms with Crippen LogP contribution in [0.5, 0.6) is 0 Å². The highest BCUT2D eigenvalue weighted by Crippen LogP contribution is 2.31. The number of allylic oxidation sites excluding steroid dienone is 2. The average molecular weight is 195 g/mol. The molecule has 3 heterocycles. The molecule has 0 fully saturated rings. The predicted molar refractivity (Wildman–Crippen MR) is 61.4 cm³/mol. The van der Waals surface area contributed by atoms with Gasteiger partial charge in [-0.25, -0.2) is 4.98 Å². The van der Waals surface area contributed by atoms with Gasteiger partial charge in [-0.05, 0) is 30.2 Å². The van der Waals surface area contributed by atoms with Gasteiger partial charge in [0.25, 0.3) is 0 Å². The summed E-state index contributed by atoms with van der Waals surface area (Å²) in [5.74, 6) is 3.78. The van der Waals surface area contributed by atoms with Gasteiger partial charge in [-0.3, -0.25) is 0 Å². The summed E-state index contributed by atoms with van der Waals surface area (Å²) in [5, 5.41) is 1.13. The molecule has 0 aliphatic carbocycles. The highest BCUT2D eigenvalue weighted by Gasteiger charge is 2.12. The summed E-state index contributed by atoms with van der Waals surface area (Å²) in [6.07, 6.45) is 7.59. The highest BCUT2D eigenvalue weighted by atomic mass is 15.1. The van der Waals surface area contributed by atoms with E-state index in [1.54, 1.807) is 6.20 Å². The molecule has 0 atom stereocenters. The van der Waals surface area contributed by atoms with Crippen molar-refractivity contribution in [2.24, 2.45) is 12.0 Å². The van der Waals surface area contributed by atoms with Gasteiger partial charge < -0.3 is 4.57 Å². The number of rotatable bonds is 0. The van der Waals surface area contributed by atoms with Crippen molar-refractivity contribution in [3.05, 3.63) is 36.0 Å². The van der Waals surface area contributed by atoms with Gasteiger partial charge in [0, 0.05) is 24.2 Å². The lowest BCUT2D eigenvalue weighted by Crippen LogP contribution is -1.87. The number of aromatic nitrogens is 2. The van der Waals surface area contributed by atoms with Crippen LogP contribution in [0.25, 0.3) is 17.1 Å². The monoisotopic (exact) mass is 195 g/mol. The quantitative estimate of drug-likeness (QED) is 0.635. The van der Waals surface area contributed by atoms with Crippen LogP contribution in [-0.2, 0) is 7.05 Å². The van der Waals surface area contributed by atoms with Gasteiger partial charge >= 0.3 is 0 Å². The van der Waals surface area contributed by atoms with Gasteiger partial charge in [0.15, 0.2) is 5.82 Å². The number of nitrogens with zero attached hydrogens (tertiary/aromatic N) is 3. The van der Waals surface area contributed by atoms with Crippen LogP contribution in [0, 0.1) is 0 Å². The summed E-state index contributed by atoms with van der Waals surface area (Å²) >= 11 is 0. The van der Waals surface area contributed by atoms with E-state index in [9.17, 15) is 0 Å². The fourth-order valence-corrected chi connectivity index (χ4v) is 1.86. The predicted octanol–water partition coefficient (Wildman–Crippen LogP) is 2.46. The number of hydrogen-bond acceptors (Lipinski definition) is 2. The number of pyridine rings is 1. The molecule has 0 radical (unpaired) electrons. The molecule has 0 amide bonds. The third-order valence-electron chi connectivity index (χ3n) is 2.56. The smallest absolute Gasteiger partial charge is 0.151 e. The summed E-state index contributed by atoms with van der Waals surface area (Å²) < 4.78 is 1.99. The van der Waals surface area contributed by atoms with Gasteiger partial charge in [-0.15, -0.1) is 0 Å². The molecule has 0 saturated carbocycles. The molecule has 3 nitrogen and oxygen atoms in total. The van der Waals surface area contributed by atoms with Crippen molar-refractivity contribution in [3.8, 4) is 0 Å². The van der Waals surface area contributed by atoms with Gasteiger partial charge in [0.05, 0.1) is 0 Å². The maximum Gasteiger partial charge on any atom is 0.151 e. The van der Waals surface area contributed by atoms with Crippen molar-refractivity contribution >= 4 is 28.8 Å². The Morgan fingerprint density at radius 3 is 3.27 bits per heavy atom. The van der Waals surface area contributed by atoms with E-state index < -0.39 is 0 Å². The fraction of sp³-hybridized carbons (Fsp3) is 0.0833. The van der Waals surface area contributed by atoms with Crippen LogP contribution in [0.1, 0.15) is 5.56 Å². The third kappa shape index (κ3) is 1.07. The molecule has 0 bridgehead atoms. The minimum atomic E-state index is 0.911. The van der Waals surface area contributed by atoms with E-state index in [1.807, 2.05) is 35.9 Å². The molecule has 72 valence electrons. The molecule has 3 heteroatoms. The minimum Gasteiger partial charge on any atom is -0.313 e. The second-order valence-corrected chi connectivity index (χ2v) is 3.44. The first-order chi connectivity index (χ1) is 7.38. The molecule has 0 N–H and O–H groups in total. The van der Waals surface area contributed by atoms with E-state index in [2.05, 4.69) is 21.9 Å². The molecule has 0 saturated heterocycles. The van der Waals surface area contributed by atoms with Crippen LogP contribution in [0.2, 0.25) is 0 Å². The van der Waals surface area contributed by atoms with Crippen LogP contribution in [0.3, 0.4) is 0 Å². The Bertz CT molecular complexity index is 626. The normalized spacial score (nSPS) is 13.1. The first kappa shape index (κ1) is 8.21. The van der Waals surface area contributed by atoms with E-state index in [0.717, 1.165) is 22.4 Å². The van der Waals surface area contributed by atoms with Gasteiger partial charge in [0.1, 0.15) is 5.65 Å². The molecule has 2 aromatic rings. The summed E-state index contributed by atoms with van der Waals surface area (Å²) in [6, 6.07) is 4.00. The largest absolute Gasteiger partial charge is 0.313 e. The van der Waals surface area contributed by atoms with E-state index >= 15 is 0 Å². The number of hydrogen-bond donors (Lipinski definition) is 0. The SMILES string of the molecule is Cn1c2c(c3cccnc31)C=CC=C=N2. The Morgan fingerprint density at radius 1 is 1.40 bits per heavy atom. The number of aliphatic imine (C=N–C) groups is 1. The molecule has 3 rings (SSSR count). The maximum atomic E-state index is 4.35. The topological polar surface area (TPSA) is 30.2 Å². The zero-order valence-electron chi connectivity index (χ0n) is 8.31. The van der Waals surface area contributed by atoms with E-state index in [4.69, 9.17) is 0 Å². The molecule has 1 aliphatic heterocycles. The Balaban J connectivity index is 2.53. The number of fused-ring (bicyclic) bond motifs is 3. The van der Waals surface area contributed by atoms with E-state index in [1.165, 1.54) is 0 Å². The maximum absolute atomic E-state index is 4.35. The lowest BCUT2D eigenvalue weighted by molar-refractivity contribution is 0.946. The van der Waals surface area contributed by atoms with Crippen molar-refractivity contribution in [1.29, 1.82) is 0 Å². The van der Waals surface area contributed by atoms with E-state index in [-0.39, 0.29) is 0 Å². The Morgan fingerprint density at radius 2 is 2.33 bits per heavy atom. The fourth-order valence-electron chi connectivity index (χ4n) is 1.86. The van der Waals surface area contributed by atoms with Crippen LogP contribution in [0.4, 0.5) is 5.82 Å². The van der Waals surface area contributed by atoms with Crippen molar-refractivity contribution < 1.29 is 0 Å². The van der Waals surface area contributed by atoms with Gasteiger partial charge in [-0.2, -0.15) is 4.99 Å². The zero-order valence-corrected chi connectivity index (χ0v) is 8.31. The van der Waals surface area contributed by atoms with Crippen LogP contribution >= 0.6 is 0 Å².